The number of nitro groups is 1. The van der Waals surface area contributed by atoms with Gasteiger partial charge in [-0.1, -0.05) is 24.3 Å². The first-order chi connectivity index (χ1) is 12.4. The minimum absolute atomic E-state index is 0.0306. The molecule has 0 bridgehead atoms. The van der Waals surface area contributed by atoms with Gasteiger partial charge in [0.25, 0.3) is 11.6 Å². The molecule has 136 valence electrons. The van der Waals surface area contributed by atoms with E-state index in [-0.39, 0.29) is 22.7 Å². The number of esters is 1. The number of methoxy groups -OCH3 is 1. The molecule has 7 heteroatoms. The average Bonchev–Trinajstić information content (AvgIpc) is 2.65. The van der Waals surface area contributed by atoms with Crippen LogP contribution in [-0.4, -0.2) is 35.4 Å². The summed E-state index contributed by atoms with van der Waals surface area (Å²) in [4.78, 5) is 36.7. The molecule has 0 aliphatic rings. The number of amides is 1. The van der Waals surface area contributed by atoms with Crippen LogP contribution < -0.4 is 0 Å². The number of hydrogen-bond acceptors (Lipinski definition) is 5. The fraction of sp³-hybridized carbons (Fsp3) is 0.263. The van der Waals surface area contributed by atoms with E-state index in [0.29, 0.717) is 13.1 Å². The number of carbonyl (C=O) groups is 2. The zero-order valence-corrected chi connectivity index (χ0v) is 14.9. The molecule has 0 aliphatic carbocycles. The first-order valence-corrected chi connectivity index (χ1v) is 8.09. The topological polar surface area (TPSA) is 89.8 Å². The lowest BCUT2D eigenvalue weighted by Crippen LogP contribution is -2.30. The molecule has 0 aliphatic heterocycles. The maximum absolute atomic E-state index is 12.9. The highest BCUT2D eigenvalue weighted by atomic mass is 16.6. The number of benzene rings is 2. The molecule has 26 heavy (non-hydrogen) atoms. The molecule has 0 radical (unpaired) electrons. The van der Waals surface area contributed by atoms with Crippen molar-refractivity contribution in [2.45, 2.75) is 20.4 Å². The van der Waals surface area contributed by atoms with Gasteiger partial charge < -0.3 is 9.64 Å². The lowest BCUT2D eigenvalue weighted by Gasteiger charge is -2.22. The number of rotatable bonds is 6. The summed E-state index contributed by atoms with van der Waals surface area (Å²) in [6, 6.07) is 11.3. The van der Waals surface area contributed by atoms with Crippen molar-refractivity contribution >= 4 is 17.6 Å². The maximum Gasteiger partial charge on any atom is 0.338 e. The summed E-state index contributed by atoms with van der Waals surface area (Å²) in [5.74, 6) is -1.12. The first kappa shape index (κ1) is 19.1. The quantitative estimate of drug-likeness (QED) is 0.450. The van der Waals surface area contributed by atoms with Gasteiger partial charge in [-0.05, 0) is 31.0 Å². The van der Waals surface area contributed by atoms with Crippen molar-refractivity contribution in [3.05, 3.63) is 74.8 Å². The molecular weight excluding hydrogens is 336 g/mol. The van der Waals surface area contributed by atoms with Crippen LogP contribution in [0.25, 0.3) is 0 Å². The third kappa shape index (κ3) is 4.24. The highest BCUT2D eigenvalue weighted by molar-refractivity contribution is 5.99. The minimum Gasteiger partial charge on any atom is -0.465 e. The lowest BCUT2D eigenvalue weighted by molar-refractivity contribution is -0.384. The van der Waals surface area contributed by atoms with Crippen molar-refractivity contribution in [2.75, 3.05) is 13.7 Å². The van der Waals surface area contributed by atoms with E-state index in [9.17, 15) is 19.7 Å². The van der Waals surface area contributed by atoms with E-state index in [4.69, 9.17) is 0 Å². The zero-order chi connectivity index (χ0) is 19.3. The van der Waals surface area contributed by atoms with Gasteiger partial charge in [0.2, 0.25) is 0 Å². The Balaban J connectivity index is 2.39. The Morgan fingerprint density at radius 2 is 1.81 bits per heavy atom. The van der Waals surface area contributed by atoms with E-state index in [0.717, 1.165) is 17.2 Å². The molecule has 0 fully saturated rings. The van der Waals surface area contributed by atoms with Crippen LogP contribution in [0.1, 0.15) is 38.8 Å². The van der Waals surface area contributed by atoms with Gasteiger partial charge in [-0.25, -0.2) is 4.79 Å². The molecule has 0 spiro atoms. The summed E-state index contributed by atoms with van der Waals surface area (Å²) in [5, 5.41) is 11.1. The fourth-order valence-corrected chi connectivity index (χ4v) is 2.58. The summed E-state index contributed by atoms with van der Waals surface area (Å²) >= 11 is 0. The standard InChI is InChI=1S/C19H20N2O5/c1-4-20(12-14-8-6-5-7-13(14)2)18(22)15-9-16(19(23)26-3)11-17(10-15)21(24)25/h5-11H,4,12H2,1-3H3. The fourth-order valence-electron chi connectivity index (χ4n) is 2.58. The van der Waals surface area contributed by atoms with Gasteiger partial charge in [-0.15, -0.1) is 0 Å². The predicted octanol–water partition coefficient (Wildman–Crippen LogP) is 3.35. The number of non-ortho nitro benzene ring substituents is 1. The predicted molar refractivity (Wildman–Crippen MR) is 96.0 cm³/mol. The SMILES string of the molecule is CCN(Cc1ccccc1C)C(=O)c1cc(C(=O)OC)cc([N+](=O)[O-])c1. The highest BCUT2D eigenvalue weighted by Crippen LogP contribution is 2.21. The maximum atomic E-state index is 12.9. The molecule has 0 saturated carbocycles. The molecule has 0 N–H and O–H groups in total. The molecule has 1 amide bonds. The summed E-state index contributed by atoms with van der Waals surface area (Å²) in [6.07, 6.45) is 0. The third-order valence-corrected chi connectivity index (χ3v) is 4.09. The Morgan fingerprint density at radius 3 is 2.38 bits per heavy atom. The van der Waals surface area contributed by atoms with E-state index in [2.05, 4.69) is 4.74 Å². The van der Waals surface area contributed by atoms with Crippen molar-refractivity contribution in [2.24, 2.45) is 0 Å². The molecular formula is C19H20N2O5. The third-order valence-electron chi connectivity index (χ3n) is 4.09. The van der Waals surface area contributed by atoms with E-state index in [1.165, 1.54) is 19.2 Å². The van der Waals surface area contributed by atoms with E-state index >= 15 is 0 Å². The largest absolute Gasteiger partial charge is 0.465 e. The second-order valence-electron chi connectivity index (χ2n) is 5.76. The normalized spacial score (nSPS) is 10.3. The van der Waals surface area contributed by atoms with Gasteiger partial charge in [0.1, 0.15) is 0 Å². The summed E-state index contributed by atoms with van der Waals surface area (Å²) in [6.45, 7) is 4.58. The van der Waals surface area contributed by atoms with Crippen LogP contribution in [0, 0.1) is 17.0 Å². The van der Waals surface area contributed by atoms with Crippen LogP contribution in [0.3, 0.4) is 0 Å². The summed E-state index contributed by atoms with van der Waals surface area (Å²) in [5.41, 5.74) is 1.75. The molecule has 2 aromatic rings. The molecule has 0 aromatic heterocycles. The van der Waals surface area contributed by atoms with Crippen LogP contribution in [0.4, 0.5) is 5.69 Å². The minimum atomic E-state index is -0.732. The molecule has 0 atom stereocenters. The van der Waals surface area contributed by atoms with Crippen molar-refractivity contribution in [3.8, 4) is 0 Å². The molecule has 2 rings (SSSR count). The van der Waals surface area contributed by atoms with Gasteiger partial charge in [0.05, 0.1) is 17.6 Å². The number of aryl methyl sites for hydroxylation is 1. The molecule has 2 aromatic carbocycles. The van der Waals surface area contributed by atoms with Gasteiger partial charge >= 0.3 is 5.97 Å². The first-order valence-electron chi connectivity index (χ1n) is 8.09. The number of carbonyl (C=O) groups excluding carboxylic acids is 2. The van der Waals surface area contributed by atoms with Gasteiger partial charge in [0, 0.05) is 30.8 Å². The number of ether oxygens (including phenoxy) is 1. The van der Waals surface area contributed by atoms with Crippen LogP contribution in [0.15, 0.2) is 42.5 Å². The Morgan fingerprint density at radius 1 is 1.15 bits per heavy atom. The summed E-state index contributed by atoms with van der Waals surface area (Å²) in [7, 11) is 1.18. The summed E-state index contributed by atoms with van der Waals surface area (Å²) < 4.78 is 4.62. The van der Waals surface area contributed by atoms with Crippen molar-refractivity contribution in [1.29, 1.82) is 0 Å². The van der Waals surface area contributed by atoms with Crippen LogP contribution >= 0.6 is 0 Å². The lowest BCUT2D eigenvalue weighted by atomic mass is 10.1. The second kappa shape index (κ2) is 8.24. The van der Waals surface area contributed by atoms with Gasteiger partial charge in [0.15, 0.2) is 0 Å². The Bertz CT molecular complexity index is 848. The smallest absolute Gasteiger partial charge is 0.338 e. The Kier molecular flexibility index (Phi) is 6.06. The van der Waals surface area contributed by atoms with E-state index in [1.54, 1.807) is 4.90 Å². The number of nitro benzene ring substituents is 1. The van der Waals surface area contributed by atoms with Crippen molar-refractivity contribution < 1.29 is 19.2 Å². The van der Waals surface area contributed by atoms with Gasteiger partial charge in [-0.2, -0.15) is 0 Å². The number of hydrogen-bond donors (Lipinski definition) is 0. The Hall–Kier alpha value is -3.22. The Labute approximate surface area is 151 Å². The molecule has 0 saturated heterocycles. The molecule has 7 nitrogen and oxygen atoms in total. The van der Waals surface area contributed by atoms with Crippen molar-refractivity contribution in [3.63, 3.8) is 0 Å². The van der Waals surface area contributed by atoms with Gasteiger partial charge in [-0.3, -0.25) is 14.9 Å². The van der Waals surface area contributed by atoms with E-state index < -0.39 is 10.9 Å². The molecule has 0 unspecified atom stereocenters. The van der Waals surface area contributed by atoms with Crippen molar-refractivity contribution in [1.82, 2.24) is 4.90 Å². The molecule has 0 heterocycles. The van der Waals surface area contributed by atoms with Crippen LogP contribution in [0.2, 0.25) is 0 Å². The van der Waals surface area contributed by atoms with Crippen LogP contribution in [0.5, 0.6) is 0 Å². The second-order valence-corrected chi connectivity index (χ2v) is 5.76. The van der Waals surface area contributed by atoms with E-state index in [1.807, 2.05) is 38.1 Å². The average molecular weight is 356 g/mol. The zero-order valence-electron chi connectivity index (χ0n) is 14.9. The van der Waals surface area contributed by atoms with Crippen LogP contribution in [-0.2, 0) is 11.3 Å². The number of nitrogens with zero attached hydrogens (tertiary/aromatic N) is 2. The monoisotopic (exact) mass is 356 g/mol. The highest BCUT2D eigenvalue weighted by Gasteiger charge is 2.21.